The Bertz CT molecular complexity index is 399. The van der Waals surface area contributed by atoms with Gasteiger partial charge in [-0.05, 0) is 17.7 Å². The Morgan fingerprint density at radius 2 is 1.72 bits per heavy atom. The highest BCUT2D eigenvalue weighted by molar-refractivity contribution is 5.83. The first-order chi connectivity index (χ1) is 8.60. The highest BCUT2D eigenvalue weighted by Crippen LogP contribution is 2.20. The summed E-state index contributed by atoms with van der Waals surface area (Å²) in [6.45, 7) is 6.70. The quantitative estimate of drug-likeness (QED) is 0.821. The highest BCUT2D eigenvalue weighted by atomic mass is 16.5. The summed E-state index contributed by atoms with van der Waals surface area (Å²) in [5.74, 6) is 1.61. The largest absolute Gasteiger partial charge is 0.497 e. The average molecular weight is 247 g/mol. The van der Waals surface area contributed by atoms with Gasteiger partial charge in [0, 0.05) is 31.5 Å². The summed E-state index contributed by atoms with van der Waals surface area (Å²) in [7, 11) is 1.68. The summed E-state index contributed by atoms with van der Waals surface area (Å²) in [4.78, 5) is 14.1. The maximum atomic E-state index is 11.8. The minimum Gasteiger partial charge on any atom is -0.497 e. The van der Waals surface area contributed by atoms with E-state index in [-0.39, 0.29) is 11.8 Å². The van der Waals surface area contributed by atoms with Crippen LogP contribution in [0, 0.1) is 11.8 Å². The van der Waals surface area contributed by atoms with E-state index < -0.39 is 0 Å². The highest BCUT2D eigenvalue weighted by Gasteiger charge is 2.29. The molecule has 1 aliphatic heterocycles. The first-order valence-corrected chi connectivity index (χ1v) is 6.49. The van der Waals surface area contributed by atoms with Gasteiger partial charge in [0.2, 0.25) is 0 Å². The lowest BCUT2D eigenvalue weighted by atomic mass is 9.90. The van der Waals surface area contributed by atoms with Crippen LogP contribution >= 0.6 is 0 Å². The van der Waals surface area contributed by atoms with E-state index in [9.17, 15) is 4.79 Å². The Kier molecular flexibility index (Phi) is 4.02. The number of hydrogen-bond donors (Lipinski definition) is 0. The molecule has 0 aliphatic carbocycles. The lowest BCUT2D eigenvalue weighted by Crippen LogP contribution is -2.44. The van der Waals surface area contributed by atoms with Crippen molar-refractivity contribution in [1.82, 2.24) is 4.90 Å². The van der Waals surface area contributed by atoms with Gasteiger partial charge in [-0.3, -0.25) is 9.69 Å². The number of ether oxygens (including phenoxy) is 1. The van der Waals surface area contributed by atoms with Gasteiger partial charge in [0.25, 0.3) is 0 Å². The molecule has 1 aliphatic rings. The average Bonchev–Trinajstić information content (AvgIpc) is 2.37. The van der Waals surface area contributed by atoms with Crippen LogP contribution in [0.1, 0.15) is 19.4 Å². The molecule has 0 aromatic heterocycles. The van der Waals surface area contributed by atoms with Crippen molar-refractivity contribution < 1.29 is 9.53 Å². The summed E-state index contributed by atoms with van der Waals surface area (Å²) in [6, 6.07) is 8.14. The molecule has 0 unspecified atom stereocenters. The molecular formula is C15H21NO2. The van der Waals surface area contributed by atoms with E-state index in [1.165, 1.54) is 5.56 Å². The van der Waals surface area contributed by atoms with Crippen molar-refractivity contribution >= 4 is 5.78 Å². The monoisotopic (exact) mass is 247 g/mol. The second kappa shape index (κ2) is 5.53. The molecule has 0 spiro atoms. The van der Waals surface area contributed by atoms with Crippen LogP contribution in [-0.2, 0) is 11.3 Å². The van der Waals surface area contributed by atoms with Gasteiger partial charge in [-0.2, -0.15) is 0 Å². The van der Waals surface area contributed by atoms with E-state index in [1.807, 2.05) is 26.0 Å². The lowest BCUT2D eigenvalue weighted by Gasteiger charge is -2.33. The third kappa shape index (κ3) is 2.91. The number of nitrogens with zero attached hydrogens (tertiary/aromatic N) is 1. The minimum atomic E-state index is 0.159. The van der Waals surface area contributed by atoms with Gasteiger partial charge in [-0.15, -0.1) is 0 Å². The summed E-state index contributed by atoms with van der Waals surface area (Å²) in [5, 5.41) is 0. The van der Waals surface area contributed by atoms with E-state index in [1.54, 1.807) is 7.11 Å². The van der Waals surface area contributed by atoms with E-state index in [4.69, 9.17) is 4.74 Å². The zero-order valence-electron chi connectivity index (χ0n) is 11.3. The number of Topliss-reactive ketones (excluding diaryl/α,β-unsaturated/α-hetero) is 1. The van der Waals surface area contributed by atoms with Crippen LogP contribution in [0.3, 0.4) is 0 Å². The summed E-state index contributed by atoms with van der Waals surface area (Å²) in [5.41, 5.74) is 1.27. The van der Waals surface area contributed by atoms with Gasteiger partial charge < -0.3 is 4.74 Å². The summed E-state index contributed by atoms with van der Waals surface area (Å²) in [6.07, 6.45) is 0. The molecule has 98 valence electrons. The minimum absolute atomic E-state index is 0.159. The van der Waals surface area contributed by atoms with Crippen LogP contribution in [0.4, 0.5) is 0 Å². The molecule has 0 N–H and O–H groups in total. The molecule has 2 rings (SSSR count). The Balaban J connectivity index is 1.98. The second-order valence-corrected chi connectivity index (χ2v) is 5.25. The van der Waals surface area contributed by atoms with Gasteiger partial charge in [0.05, 0.1) is 7.11 Å². The van der Waals surface area contributed by atoms with Crippen molar-refractivity contribution in [3.05, 3.63) is 29.8 Å². The molecule has 18 heavy (non-hydrogen) atoms. The van der Waals surface area contributed by atoms with E-state index >= 15 is 0 Å². The van der Waals surface area contributed by atoms with Gasteiger partial charge in [-0.1, -0.05) is 26.0 Å². The van der Waals surface area contributed by atoms with Crippen LogP contribution in [-0.4, -0.2) is 30.9 Å². The number of methoxy groups -OCH3 is 1. The zero-order chi connectivity index (χ0) is 13.1. The molecule has 1 fully saturated rings. The van der Waals surface area contributed by atoms with Crippen LogP contribution < -0.4 is 4.74 Å². The predicted molar refractivity (Wildman–Crippen MR) is 71.6 cm³/mol. The van der Waals surface area contributed by atoms with Crippen molar-refractivity contribution in [2.24, 2.45) is 11.8 Å². The molecule has 3 heteroatoms. The predicted octanol–water partition coefficient (Wildman–Crippen LogP) is 2.35. The van der Waals surface area contributed by atoms with Crippen molar-refractivity contribution in [2.45, 2.75) is 20.4 Å². The first-order valence-electron chi connectivity index (χ1n) is 6.49. The first kappa shape index (κ1) is 13.1. The maximum Gasteiger partial charge on any atom is 0.141 e. The number of piperidine rings is 1. The Labute approximate surface area is 109 Å². The van der Waals surface area contributed by atoms with Gasteiger partial charge in [0.1, 0.15) is 11.5 Å². The number of hydrogen-bond acceptors (Lipinski definition) is 3. The molecule has 1 aromatic rings. The van der Waals surface area contributed by atoms with Crippen LogP contribution in [0.25, 0.3) is 0 Å². The summed E-state index contributed by atoms with van der Waals surface area (Å²) < 4.78 is 5.15. The van der Waals surface area contributed by atoms with Crippen LogP contribution in [0.5, 0.6) is 5.75 Å². The fraction of sp³-hybridized carbons (Fsp3) is 0.533. The smallest absolute Gasteiger partial charge is 0.141 e. The Morgan fingerprint density at radius 3 is 2.22 bits per heavy atom. The molecule has 3 nitrogen and oxygen atoms in total. The third-order valence-corrected chi connectivity index (χ3v) is 3.60. The number of carbonyl (C=O) groups excluding carboxylic acids is 1. The number of carbonyl (C=O) groups is 1. The molecule has 1 heterocycles. The van der Waals surface area contributed by atoms with E-state index in [0.29, 0.717) is 5.78 Å². The van der Waals surface area contributed by atoms with Gasteiger partial charge in [0.15, 0.2) is 0 Å². The normalized spacial score (nSPS) is 25.2. The van der Waals surface area contributed by atoms with Gasteiger partial charge >= 0.3 is 0 Å². The molecular weight excluding hydrogens is 226 g/mol. The standard InChI is InChI=1S/C15H21NO2/c1-11-8-16(9-12(2)15(11)17)10-13-4-6-14(18-3)7-5-13/h4-7,11-12H,8-10H2,1-3H3/t11-,12+. The van der Waals surface area contributed by atoms with Crippen molar-refractivity contribution in [3.8, 4) is 5.75 Å². The Hall–Kier alpha value is -1.35. The summed E-state index contributed by atoms with van der Waals surface area (Å²) >= 11 is 0. The molecule has 1 aromatic carbocycles. The van der Waals surface area contributed by atoms with Crippen molar-refractivity contribution in [1.29, 1.82) is 0 Å². The third-order valence-electron chi connectivity index (χ3n) is 3.60. The lowest BCUT2D eigenvalue weighted by molar-refractivity contribution is -0.130. The van der Waals surface area contributed by atoms with Crippen LogP contribution in [0.15, 0.2) is 24.3 Å². The van der Waals surface area contributed by atoms with Gasteiger partial charge in [-0.25, -0.2) is 0 Å². The topological polar surface area (TPSA) is 29.5 Å². The molecule has 0 radical (unpaired) electrons. The molecule has 0 saturated carbocycles. The van der Waals surface area contributed by atoms with Crippen molar-refractivity contribution in [2.75, 3.05) is 20.2 Å². The number of rotatable bonds is 3. The zero-order valence-corrected chi connectivity index (χ0v) is 11.3. The maximum absolute atomic E-state index is 11.8. The molecule has 1 saturated heterocycles. The SMILES string of the molecule is COc1ccc(CN2C[C@@H](C)C(=O)[C@@H](C)C2)cc1. The van der Waals surface area contributed by atoms with Crippen molar-refractivity contribution in [3.63, 3.8) is 0 Å². The van der Waals surface area contributed by atoms with E-state index in [2.05, 4.69) is 17.0 Å². The van der Waals surface area contributed by atoms with Crippen LogP contribution in [0.2, 0.25) is 0 Å². The molecule has 2 atom stereocenters. The fourth-order valence-electron chi connectivity index (χ4n) is 2.63. The number of benzene rings is 1. The number of likely N-dealkylation sites (tertiary alicyclic amines) is 1. The van der Waals surface area contributed by atoms with E-state index in [0.717, 1.165) is 25.4 Å². The molecule has 0 amide bonds. The number of ketones is 1. The Morgan fingerprint density at radius 1 is 1.17 bits per heavy atom. The fourth-order valence-corrected chi connectivity index (χ4v) is 2.63. The second-order valence-electron chi connectivity index (χ2n) is 5.25. The molecule has 0 bridgehead atoms.